The lowest BCUT2D eigenvalue weighted by Crippen LogP contribution is -1.94. The molecule has 0 fully saturated rings. The van der Waals surface area contributed by atoms with Crippen molar-refractivity contribution in [2.75, 3.05) is 0 Å². The van der Waals surface area contributed by atoms with Gasteiger partial charge in [0.2, 0.25) is 0 Å². The molecule has 0 aliphatic carbocycles. The van der Waals surface area contributed by atoms with Gasteiger partial charge in [0.25, 0.3) is 0 Å². The molecule has 2 aromatic heterocycles. The van der Waals surface area contributed by atoms with Crippen molar-refractivity contribution in [2.45, 2.75) is 20.3 Å². The Morgan fingerprint density at radius 1 is 1.40 bits per heavy atom. The van der Waals surface area contributed by atoms with Gasteiger partial charge < -0.3 is 0 Å². The van der Waals surface area contributed by atoms with Crippen LogP contribution in [0.1, 0.15) is 18.1 Å². The van der Waals surface area contributed by atoms with Crippen molar-refractivity contribution in [3.05, 3.63) is 34.1 Å². The van der Waals surface area contributed by atoms with Crippen LogP contribution in [-0.2, 0) is 6.42 Å². The molecule has 4 heteroatoms. The Bertz CT molecular complexity index is 479. The van der Waals surface area contributed by atoms with Crippen molar-refractivity contribution in [2.24, 2.45) is 0 Å². The van der Waals surface area contributed by atoms with Crippen LogP contribution in [0, 0.1) is 6.92 Å². The maximum atomic E-state index is 6.05. The molecule has 0 aromatic carbocycles. The molecule has 15 heavy (non-hydrogen) atoms. The maximum Gasteiger partial charge on any atom is 0.136 e. The van der Waals surface area contributed by atoms with E-state index in [1.807, 2.05) is 0 Å². The lowest BCUT2D eigenvalue weighted by molar-refractivity contribution is 1.05. The van der Waals surface area contributed by atoms with E-state index in [0.29, 0.717) is 5.15 Å². The van der Waals surface area contributed by atoms with Gasteiger partial charge in [-0.05, 0) is 30.4 Å². The topological polar surface area (TPSA) is 25.8 Å². The fraction of sp³-hybridized carbons (Fsp3) is 0.273. The van der Waals surface area contributed by atoms with E-state index in [2.05, 4.69) is 35.3 Å². The summed E-state index contributed by atoms with van der Waals surface area (Å²) in [6.45, 7) is 4.15. The number of nitrogens with zero attached hydrogens (tertiary/aromatic N) is 2. The van der Waals surface area contributed by atoms with Crippen molar-refractivity contribution < 1.29 is 0 Å². The summed E-state index contributed by atoms with van der Waals surface area (Å²) in [6.07, 6.45) is 2.38. The van der Waals surface area contributed by atoms with Gasteiger partial charge in [-0.15, -0.1) is 11.3 Å². The Hall–Kier alpha value is -0.930. The van der Waals surface area contributed by atoms with E-state index >= 15 is 0 Å². The van der Waals surface area contributed by atoms with E-state index in [-0.39, 0.29) is 0 Å². The Morgan fingerprint density at radius 3 is 2.80 bits per heavy atom. The monoisotopic (exact) mass is 238 g/mol. The number of halogens is 1. The summed E-state index contributed by atoms with van der Waals surface area (Å²) in [5.74, 6) is 0. The largest absolute Gasteiger partial charge is 0.235 e. The molecule has 0 saturated carbocycles. The summed E-state index contributed by atoms with van der Waals surface area (Å²) in [7, 11) is 0. The first kappa shape index (κ1) is 10.6. The zero-order chi connectivity index (χ0) is 10.8. The quantitative estimate of drug-likeness (QED) is 0.745. The highest BCUT2D eigenvalue weighted by Crippen LogP contribution is 2.32. The van der Waals surface area contributed by atoms with E-state index in [1.165, 1.54) is 16.8 Å². The minimum atomic E-state index is 0.565. The van der Waals surface area contributed by atoms with Gasteiger partial charge in [0, 0.05) is 5.56 Å². The predicted octanol–water partition coefficient (Wildman–Crippen LogP) is 3.73. The lowest BCUT2D eigenvalue weighted by atomic mass is 10.1. The third-order valence-electron chi connectivity index (χ3n) is 2.32. The number of rotatable bonds is 2. The van der Waals surface area contributed by atoms with E-state index < -0.39 is 0 Å². The van der Waals surface area contributed by atoms with Crippen molar-refractivity contribution in [3.8, 4) is 10.6 Å². The second kappa shape index (κ2) is 4.29. The molecular weight excluding hydrogens is 228 g/mol. The second-order valence-electron chi connectivity index (χ2n) is 3.28. The Labute approximate surface area is 98.0 Å². The summed E-state index contributed by atoms with van der Waals surface area (Å²) >= 11 is 7.74. The summed E-state index contributed by atoms with van der Waals surface area (Å²) in [4.78, 5) is 9.53. The standard InChI is InChI=1S/C11H11ClN2S/c1-3-8-9(13-6-14-11(8)12)10-7(2)4-5-15-10/h4-6H,3H2,1-2H3. The second-order valence-corrected chi connectivity index (χ2v) is 4.55. The third kappa shape index (κ3) is 1.90. The van der Waals surface area contributed by atoms with E-state index in [4.69, 9.17) is 11.6 Å². The highest BCUT2D eigenvalue weighted by atomic mass is 35.5. The molecule has 0 amide bonds. The molecule has 0 aliphatic rings. The fourth-order valence-corrected chi connectivity index (χ4v) is 2.73. The molecule has 78 valence electrons. The SMILES string of the molecule is CCc1c(Cl)ncnc1-c1sccc1C. The third-order valence-corrected chi connectivity index (χ3v) is 3.67. The van der Waals surface area contributed by atoms with Gasteiger partial charge in [-0.3, -0.25) is 0 Å². The summed E-state index contributed by atoms with van der Waals surface area (Å²) in [6, 6.07) is 2.09. The zero-order valence-electron chi connectivity index (χ0n) is 8.62. The molecule has 0 N–H and O–H groups in total. The molecule has 0 radical (unpaired) electrons. The average molecular weight is 239 g/mol. The zero-order valence-corrected chi connectivity index (χ0v) is 10.2. The minimum Gasteiger partial charge on any atom is -0.235 e. The van der Waals surface area contributed by atoms with Crippen LogP contribution in [0.15, 0.2) is 17.8 Å². The first-order valence-corrected chi connectivity index (χ1v) is 6.03. The number of aromatic nitrogens is 2. The number of hydrogen-bond acceptors (Lipinski definition) is 3. The van der Waals surface area contributed by atoms with Crippen LogP contribution in [0.4, 0.5) is 0 Å². The number of hydrogen-bond donors (Lipinski definition) is 0. The molecule has 0 spiro atoms. The van der Waals surface area contributed by atoms with Gasteiger partial charge in [-0.1, -0.05) is 18.5 Å². The van der Waals surface area contributed by atoms with Crippen molar-refractivity contribution in [3.63, 3.8) is 0 Å². The van der Waals surface area contributed by atoms with Crippen molar-refractivity contribution >= 4 is 22.9 Å². The molecular formula is C11H11ClN2S. The highest BCUT2D eigenvalue weighted by Gasteiger charge is 2.12. The van der Waals surface area contributed by atoms with Gasteiger partial charge >= 0.3 is 0 Å². The number of thiophene rings is 1. The van der Waals surface area contributed by atoms with Gasteiger partial charge in [-0.2, -0.15) is 0 Å². The van der Waals surface area contributed by atoms with Crippen molar-refractivity contribution in [1.82, 2.24) is 9.97 Å². The maximum absolute atomic E-state index is 6.05. The summed E-state index contributed by atoms with van der Waals surface area (Å²) in [5.41, 5.74) is 3.25. The van der Waals surface area contributed by atoms with Crippen LogP contribution in [0.25, 0.3) is 10.6 Å². The van der Waals surface area contributed by atoms with E-state index in [9.17, 15) is 0 Å². The van der Waals surface area contributed by atoms with E-state index in [1.54, 1.807) is 11.3 Å². The first-order valence-electron chi connectivity index (χ1n) is 4.78. The lowest BCUT2D eigenvalue weighted by Gasteiger charge is -2.06. The molecule has 0 bridgehead atoms. The van der Waals surface area contributed by atoms with Crippen LogP contribution < -0.4 is 0 Å². The van der Waals surface area contributed by atoms with Crippen LogP contribution in [0.2, 0.25) is 5.15 Å². The van der Waals surface area contributed by atoms with Gasteiger partial charge in [0.05, 0.1) is 10.6 Å². The van der Waals surface area contributed by atoms with Crippen LogP contribution in [0.3, 0.4) is 0 Å². The van der Waals surface area contributed by atoms with Crippen molar-refractivity contribution in [1.29, 1.82) is 0 Å². The summed E-state index contributed by atoms with van der Waals surface area (Å²) < 4.78 is 0. The first-order chi connectivity index (χ1) is 7.24. The molecule has 2 rings (SSSR count). The molecule has 2 nitrogen and oxygen atoms in total. The molecule has 0 aliphatic heterocycles. The van der Waals surface area contributed by atoms with Gasteiger partial charge in [0.15, 0.2) is 0 Å². The van der Waals surface area contributed by atoms with E-state index in [0.717, 1.165) is 17.7 Å². The Kier molecular flexibility index (Phi) is 3.03. The van der Waals surface area contributed by atoms with Gasteiger partial charge in [0.1, 0.15) is 11.5 Å². The molecule has 2 aromatic rings. The van der Waals surface area contributed by atoms with Gasteiger partial charge in [-0.25, -0.2) is 9.97 Å². The smallest absolute Gasteiger partial charge is 0.136 e. The molecule has 0 atom stereocenters. The summed E-state index contributed by atoms with van der Waals surface area (Å²) in [5, 5.41) is 2.63. The highest BCUT2D eigenvalue weighted by molar-refractivity contribution is 7.13. The molecule has 2 heterocycles. The molecule has 0 unspecified atom stereocenters. The van der Waals surface area contributed by atoms with Crippen LogP contribution in [0.5, 0.6) is 0 Å². The predicted molar refractivity (Wildman–Crippen MR) is 64.5 cm³/mol. The number of aryl methyl sites for hydroxylation is 1. The van der Waals surface area contributed by atoms with Crippen LogP contribution in [-0.4, -0.2) is 9.97 Å². The molecule has 0 saturated heterocycles. The Morgan fingerprint density at radius 2 is 2.20 bits per heavy atom. The fourth-order valence-electron chi connectivity index (χ4n) is 1.52. The van der Waals surface area contributed by atoms with Crippen LogP contribution >= 0.6 is 22.9 Å². The normalized spacial score (nSPS) is 10.6. The Balaban J connectivity index is 2.63. The minimum absolute atomic E-state index is 0.565. The average Bonchev–Trinajstić information content (AvgIpc) is 2.64.